The van der Waals surface area contributed by atoms with Crippen LogP contribution in [0.2, 0.25) is 0 Å². The molecule has 0 amide bonds. The number of aldehydes is 1. The molecule has 0 aromatic carbocycles. The SMILES string of the molecule is CC(=O)OC/C=C(/C=C/C=O)OC(C)=O. The summed E-state index contributed by atoms with van der Waals surface area (Å²) in [6, 6.07) is 0. The molecule has 0 aromatic heterocycles. The second-order valence-corrected chi connectivity index (χ2v) is 2.50. The highest BCUT2D eigenvalue weighted by molar-refractivity contribution is 5.69. The molecule has 0 atom stereocenters. The Morgan fingerprint density at radius 2 is 1.87 bits per heavy atom. The quantitative estimate of drug-likeness (QED) is 0.221. The van der Waals surface area contributed by atoms with Crippen molar-refractivity contribution < 1.29 is 23.9 Å². The average Bonchev–Trinajstić information content (AvgIpc) is 2.12. The first-order valence-corrected chi connectivity index (χ1v) is 4.20. The molecular formula is C10H12O5. The molecule has 0 heterocycles. The molecule has 5 heteroatoms. The molecule has 0 aliphatic heterocycles. The minimum absolute atomic E-state index is 0.0128. The van der Waals surface area contributed by atoms with Crippen LogP contribution in [0.1, 0.15) is 13.8 Å². The lowest BCUT2D eigenvalue weighted by Gasteiger charge is -2.01. The molecule has 0 aliphatic rings. The highest BCUT2D eigenvalue weighted by Crippen LogP contribution is 2.00. The molecule has 0 fully saturated rings. The van der Waals surface area contributed by atoms with E-state index in [1.807, 2.05) is 0 Å². The van der Waals surface area contributed by atoms with Crippen LogP contribution in [0.15, 0.2) is 24.0 Å². The van der Waals surface area contributed by atoms with Gasteiger partial charge in [0.1, 0.15) is 18.7 Å². The average molecular weight is 212 g/mol. The summed E-state index contributed by atoms with van der Waals surface area (Å²) in [5.74, 6) is -0.789. The van der Waals surface area contributed by atoms with Gasteiger partial charge in [-0.05, 0) is 18.2 Å². The zero-order valence-electron chi connectivity index (χ0n) is 8.56. The summed E-state index contributed by atoms with van der Waals surface area (Å²) < 4.78 is 9.32. The Labute approximate surface area is 87.4 Å². The third-order valence-electron chi connectivity index (χ3n) is 1.17. The van der Waals surface area contributed by atoms with Crippen molar-refractivity contribution in [3.63, 3.8) is 0 Å². The fourth-order valence-corrected chi connectivity index (χ4v) is 0.685. The van der Waals surface area contributed by atoms with E-state index in [9.17, 15) is 14.4 Å². The number of esters is 2. The van der Waals surface area contributed by atoms with Crippen LogP contribution in [0.3, 0.4) is 0 Å². The molecule has 5 nitrogen and oxygen atoms in total. The summed E-state index contributed by atoms with van der Waals surface area (Å²) in [5.41, 5.74) is 0. The van der Waals surface area contributed by atoms with Crippen molar-refractivity contribution in [3.05, 3.63) is 24.0 Å². The van der Waals surface area contributed by atoms with Crippen molar-refractivity contribution in [1.82, 2.24) is 0 Å². The van der Waals surface area contributed by atoms with Crippen molar-refractivity contribution in [2.75, 3.05) is 6.61 Å². The van der Waals surface area contributed by atoms with E-state index in [1.54, 1.807) is 0 Å². The fourth-order valence-electron chi connectivity index (χ4n) is 0.685. The van der Waals surface area contributed by atoms with Gasteiger partial charge >= 0.3 is 11.9 Å². The summed E-state index contributed by atoms with van der Waals surface area (Å²) in [6.07, 6.45) is 4.40. The molecule has 0 saturated carbocycles. The smallest absolute Gasteiger partial charge is 0.308 e. The molecule has 0 unspecified atom stereocenters. The van der Waals surface area contributed by atoms with E-state index in [4.69, 9.17) is 4.74 Å². The Morgan fingerprint density at radius 1 is 1.20 bits per heavy atom. The van der Waals surface area contributed by atoms with Crippen LogP contribution in [-0.4, -0.2) is 24.8 Å². The molecule has 15 heavy (non-hydrogen) atoms. The normalized spacial score (nSPS) is 11.2. The van der Waals surface area contributed by atoms with Gasteiger partial charge in [-0.25, -0.2) is 0 Å². The maximum atomic E-state index is 10.6. The number of rotatable bonds is 5. The Morgan fingerprint density at radius 3 is 2.33 bits per heavy atom. The summed E-state index contributed by atoms with van der Waals surface area (Å²) in [6.45, 7) is 2.48. The van der Waals surface area contributed by atoms with E-state index in [0.29, 0.717) is 6.29 Å². The maximum absolute atomic E-state index is 10.6. The van der Waals surface area contributed by atoms with E-state index in [2.05, 4.69) is 4.74 Å². The Balaban J connectivity index is 4.32. The van der Waals surface area contributed by atoms with Gasteiger partial charge in [0.2, 0.25) is 0 Å². The zero-order chi connectivity index (χ0) is 11.7. The van der Waals surface area contributed by atoms with Crippen LogP contribution >= 0.6 is 0 Å². The predicted octanol–water partition coefficient (Wildman–Crippen LogP) is 0.752. The molecule has 0 N–H and O–H groups in total. The van der Waals surface area contributed by atoms with Crippen molar-refractivity contribution >= 4 is 18.2 Å². The van der Waals surface area contributed by atoms with Crippen molar-refractivity contribution in [1.29, 1.82) is 0 Å². The first-order valence-electron chi connectivity index (χ1n) is 4.20. The molecule has 0 rings (SSSR count). The lowest BCUT2D eigenvalue weighted by Crippen LogP contribution is -2.02. The van der Waals surface area contributed by atoms with Crippen LogP contribution in [0.5, 0.6) is 0 Å². The van der Waals surface area contributed by atoms with Gasteiger partial charge in [0.15, 0.2) is 0 Å². The zero-order valence-corrected chi connectivity index (χ0v) is 8.56. The van der Waals surface area contributed by atoms with Crippen LogP contribution in [-0.2, 0) is 23.9 Å². The van der Waals surface area contributed by atoms with Gasteiger partial charge in [0.05, 0.1) is 0 Å². The summed E-state index contributed by atoms with van der Waals surface area (Å²) >= 11 is 0. The Kier molecular flexibility index (Phi) is 6.54. The number of hydrogen-bond acceptors (Lipinski definition) is 5. The number of carbonyl (C=O) groups is 3. The van der Waals surface area contributed by atoms with E-state index in [0.717, 1.165) is 0 Å². The molecule has 0 radical (unpaired) electrons. The van der Waals surface area contributed by atoms with Gasteiger partial charge < -0.3 is 9.47 Å². The second-order valence-electron chi connectivity index (χ2n) is 2.50. The van der Waals surface area contributed by atoms with Gasteiger partial charge in [-0.3, -0.25) is 14.4 Å². The molecule has 82 valence electrons. The van der Waals surface area contributed by atoms with Crippen LogP contribution in [0.25, 0.3) is 0 Å². The largest absolute Gasteiger partial charge is 0.461 e. The van der Waals surface area contributed by atoms with Gasteiger partial charge in [-0.2, -0.15) is 0 Å². The second kappa shape index (κ2) is 7.49. The van der Waals surface area contributed by atoms with Gasteiger partial charge in [-0.1, -0.05) is 0 Å². The third-order valence-corrected chi connectivity index (χ3v) is 1.17. The highest BCUT2D eigenvalue weighted by atomic mass is 16.5. The van der Waals surface area contributed by atoms with Crippen LogP contribution in [0.4, 0.5) is 0 Å². The molecule has 0 bridgehead atoms. The number of ether oxygens (including phenoxy) is 2. The Bertz CT molecular complexity index is 301. The lowest BCUT2D eigenvalue weighted by atomic mass is 10.4. The highest BCUT2D eigenvalue weighted by Gasteiger charge is 1.98. The van der Waals surface area contributed by atoms with Gasteiger partial charge in [0.25, 0.3) is 0 Å². The first kappa shape index (κ1) is 13.1. The van der Waals surface area contributed by atoms with Crippen molar-refractivity contribution in [3.8, 4) is 0 Å². The van der Waals surface area contributed by atoms with Gasteiger partial charge in [-0.15, -0.1) is 0 Å². The summed E-state index contributed by atoms with van der Waals surface area (Å²) in [4.78, 5) is 31.1. The fraction of sp³-hybridized carbons (Fsp3) is 0.300. The first-order chi connectivity index (χ1) is 7.06. The van der Waals surface area contributed by atoms with E-state index >= 15 is 0 Å². The van der Waals surface area contributed by atoms with Crippen LogP contribution < -0.4 is 0 Å². The lowest BCUT2D eigenvalue weighted by molar-refractivity contribution is -0.139. The van der Waals surface area contributed by atoms with Gasteiger partial charge in [0, 0.05) is 13.8 Å². The van der Waals surface area contributed by atoms with Crippen molar-refractivity contribution in [2.24, 2.45) is 0 Å². The number of carbonyl (C=O) groups excluding carboxylic acids is 3. The summed E-state index contributed by atoms with van der Waals surface area (Å²) in [7, 11) is 0. The van der Waals surface area contributed by atoms with Crippen molar-refractivity contribution in [2.45, 2.75) is 13.8 Å². The predicted molar refractivity (Wildman–Crippen MR) is 51.7 cm³/mol. The molecule has 0 spiro atoms. The van der Waals surface area contributed by atoms with E-state index in [-0.39, 0.29) is 12.4 Å². The monoisotopic (exact) mass is 212 g/mol. The number of allylic oxidation sites excluding steroid dienone is 2. The van der Waals surface area contributed by atoms with Crippen LogP contribution in [0, 0.1) is 0 Å². The molecule has 0 saturated heterocycles. The topological polar surface area (TPSA) is 69.7 Å². The third kappa shape index (κ3) is 8.42. The maximum Gasteiger partial charge on any atom is 0.308 e. The van der Waals surface area contributed by atoms with E-state index in [1.165, 1.54) is 32.1 Å². The molecular weight excluding hydrogens is 200 g/mol. The minimum atomic E-state index is -0.514. The molecule has 0 aromatic rings. The summed E-state index contributed by atoms with van der Waals surface area (Å²) in [5, 5.41) is 0. The number of hydrogen-bond donors (Lipinski definition) is 0. The Hall–Kier alpha value is -1.91. The van der Waals surface area contributed by atoms with E-state index < -0.39 is 11.9 Å². The minimum Gasteiger partial charge on any atom is -0.461 e. The molecule has 0 aliphatic carbocycles. The standard InChI is InChI=1S/C10H12O5/c1-8(12)14-7-5-10(4-3-6-11)15-9(2)13/h3-6H,7H2,1-2H3/b4-3+,10-5-.